The van der Waals surface area contributed by atoms with Gasteiger partial charge in [-0.2, -0.15) is 13.2 Å². The Kier molecular flexibility index (Phi) is 7.97. The Morgan fingerprint density at radius 3 is 2.50 bits per heavy atom. The van der Waals surface area contributed by atoms with E-state index in [1.54, 1.807) is 0 Å². The predicted octanol–water partition coefficient (Wildman–Crippen LogP) is 2.85. The summed E-state index contributed by atoms with van der Waals surface area (Å²) in [7, 11) is 1.97. The van der Waals surface area contributed by atoms with Crippen molar-refractivity contribution in [3.8, 4) is 0 Å². The largest absolute Gasteiger partial charge is 0.416 e. The van der Waals surface area contributed by atoms with Gasteiger partial charge in [-0.1, -0.05) is 13.0 Å². The molecule has 0 atom stereocenters. The highest BCUT2D eigenvalue weighted by atomic mass is 19.4. The summed E-state index contributed by atoms with van der Waals surface area (Å²) < 4.78 is 52.0. The lowest BCUT2D eigenvalue weighted by Gasteiger charge is -2.17. The second-order valence-electron chi connectivity index (χ2n) is 5.32. The molecule has 0 saturated carbocycles. The minimum atomic E-state index is -4.61. The smallest absolute Gasteiger partial charge is 0.357 e. The van der Waals surface area contributed by atoms with E-state index in [2.05, 4.69) is 20.5 Å². The van der Waals surface area contributed by atoms with Crippen molar-refractivity contribution in [2.75, 3.05) is 33.2 Å². The van der Waals surface area contributed by atoms with E-state index in [0.717, 1.165) is 25.2 Å². The second kappa shape index (κ2) is 9.46. The highest BCUT2D eigenvalue weighted by Gasteiger charge is 2.33. The van der Waals surface area contributed by atoms with E-state index in [1.807, 2.05) is 20.9 Å². The Morgan fingerprint density at radius 1 is 1.21 bits per heavy atom. The van der Waals surface area contributed by atoms with E-state index < -0.39 is 17.6 Å². The molecule has 1 aromatic rings. The van der Waals surface area contributed by atoms with Gasteiger partial charge in [0, 0.05) is 19.6 Å². The van der Waals surface area contributed by atoms with Crippen LogP contribution in [0, 0.1) is 5.82 Å². The molecule has 0 aromatic heterocycles. The minimum Gasteiger partial charge on any atom is -0.357 e. The minimum absolute atomic E-state index is 0.0632. The Bertz CT molecular complexity index is 543. The molecule has 136 valence electrons. The van der Waals surface area contributed by atoms with Crippen LogP contribution in [0.15, 0.2) is 23.2 Å². The Labute approximate surface area is 139 Å². The monoisotopic (exact) mass is 348 g/mol. The molecule has 0 aliphatic carbocycles. The summed E-state index contributed by atoms with van der Waals surface area (Å²) in [4.78, 5) is 6.26. The van der Waals surface area contributed by atoms with Crippen molar-refractivity contribution < 1.29 is 17.6 Å². The molecule has 1 aromatic carbocycles. The summed E-state index contributed by atoms with van der Waals surface area (Å²) in [5.74, 6) is -0.484. The quantitative estimate of drug-likeness (QED) is 0.452. The number of hydrogen-bond donors (Lipinski definition) is 2. The number of halogens is 4. The molecule has 0 saturated heterocycles. The lowest BCUT2D eigenvalue weighted by molar-refractivity contribution is -0.138. The number of nitrogens with zero attached hydrogens (tertiary/aromatic N) is 2. The van der Waals surface area contributed by atoms with Crippen LogP contribution in [0.25, 0.3) is 0 Å². The molecule has 0 spiro atoms. The first kappa shape index (κ1) is 20.2. The molecule has 2 N–H and O–H groups in total. The molecule has 8 heteroatoms. The molecular weight excluding hydrogens is 324 g/mol. The molecule has 0 fully saturated rings. The molecule has 0 bridgehead atoms. The summed E-state index contributed by atoms with van der Waals surface area (Å²) in [5, 5.41) is 6.05. The number of rotatable bonds is 7. The van der Waals surface area contributed by atoms with Gasteiger partial charge >= 0.3 is 6.18 Å². The van der Waals surface area contributed by atoms with Gasteiger partial charge in [-0.05, 0) is 38.2 Å². The van der Waals surface area contributed by atoms with Gasteiger partial charge in [-0.3, -0.25) is 0 Å². The van der Waals surface area contributed by atoms with Crippen LogP contribution in [0.2, 0.25) is 0 Å². The Morgan fingerprint density at radius 2 is 1.92 bits per heavy atom. The maximum Gasteiger partial charge on any atom is 0.416 e. The van der Waals surface area contributed by atoms with Crippen molar-refractivity contribution in [3.63, 3.8) is 0 Å². The van der Waals surface area contributed by atoms with Gasteiger partial charge in [-0.15, -0.1) is 0 Å². The zero-order valence-corrected chi connectivity index (χ0v) is 14.2. The Balaban J connectivity index is 2.82. The lowest BCUT2D eigenvalue weighted by Crippen LogP contribution is -2.41. The summed E-state index contributed by atoms with van der Waals surface area (Å²) >= 11 is 0. The van der Waals surface area contributed by atoms with Crippen LogP contribution in [0.5, 0.6) is 0 Å². The molecule has 0 radical (unpaired) electrons. The first-order chi connectivity index (χ1) is 11.3. The standard InChI is InChI=1S/C16H24F4N4/c1-4-21-15(22-8-9-24(3)5-2)23-11-12-6-7-13(17)10-14(12)16(18,19)20/h6-7,10H,4-5,8-9,11H2,1-3H3,(H2,21,22,23). The predicted molar refractivity (Wildman–Crippen MR) is 87.4 cm³/mol. The number of aliphatic imine (C=N–C) groups is 1. The zero-order chi connectivity index (χ0) is 18.2. The van der Waals surface area contributed by atoms with Gasteiger partial charge in [0.1, 0.15) is 5.82 Å². The first-order valence-electron chi connectivity index (χ1n) is 7.84. The van der Waals surface area contributed by atoms with E-state index in [1.165, 1.54) is 0 Å². The molecule has 0 aliphatic heterocycles. The summed E-state index contributed by atoms with van der Waals surface area (Å²) in [5.41, 5.74) is -1.06. The SMILES string of the molecule is CCNC(=NCc1ccc(F)cc1C(F)(F)F)NCCN(C)CC. The van der Waals surface area contributed by atoms with E-state index in [0.29, 0.717) is 25.1 Å². The summed E-state index contributed by atoms with van der Waals surface area (Å²) in [6.07, 6.45) is -4.61. The molecule has 0 amide bonds. The van der Waals surface area contributed by atoms with Crippen molar-refractivity contribution in [1.82, 2.24) is 15.5 Å². The van der Waals surface area contributed by atoms with Crippen LogP contribution in [-0.4, -0.2) is 44.1 Å². The number of nitrogens with one attached hydrogen (secondary N) is 2. The van der Waals surface area contributed by atoms with Crippen LogP contribution in [0.4, 0.5) is 17.6 Å². The van der Waals surface area contributed by atoms with E-state index >= 15 is 0 Å². The maximum absolute atomic E-state index is 13.1. The topological polar surface area (TPSA) is 39.7 Å². The highest BCUT2D eigenvalue weighted by molar-refractivity contribution is 5.79. The fourth-order valence-corrected chi connectivity index (χ4v) is 1.98. The van der Waals surface area contributed by atoms with Gasteiger partial charge < -0.3 is 15.5 Å². The number of likely N-dealkylation sites (N-methyl/N-ethyl adjacent to an activating group) is 1. The second-order valence-corrected chi connectivity index (χ2v) is 5.32. The van der Waals surface area contributed by atoms with Gasteiger partial charge in [0.05, 0.1) is 12.1 Å². The van der Waals surface area contributed by atoms with Crippen LogP contribution in [0.1, 0.15) is 25.0 Å². The third kappa shape index (κ3) is 6.74. The average Bonchev–Trinajstić information content (AvgIpc) is 2.52. The number of alkyl halides is 3. The fraction of sp³-hybridized carbons (Fsp3) is 0.562. The number of hydrogen-bond acceptors (Lipinski definition) is 2. The third-order valence-corrected chi connectivity index (χ3v) is 3.45. The highest BCUT2D eigenvalue weighted by Crippen LogP contribution is 2.32. The number of benzene rings is 1. The normalized spacial score (nSPS) is 12.6. The van der Waals surface area contributed by atoms with E-state index in [4.69, 9.17) is 0 Å². The van der Waals surface area contributed by atoms with E-state index in [9.17, 15) is 17.6 Å². The molecule has 4 nitrogen and oxygen atoms in total. The van der Waals surface area contributed by atoms with Crippen LogP contribution >= 0.6 is 0 Å². The number of guanidine groups is 1. The van der Waals surface area contributed by atoms with Crippen LogP contribution in [-0.2, 0) is 12.7 Å². The average molecular weight is 348 g/mol. The van der Waals surface area contributed by atoms with Crippen molar-refractivity contribution in [1.29, 1.82) is 0 Å². The van der Waals surface area contributed by atoms with Crippen molar-refractivity contribution in [2.24, 2.45) is 4.99 Å². The van der Waals surface area contributed by atoms with Crippen molar-refractivity contribution in [3.05, 3.63) is 35.1 Å². The molecule has 24 heavy (non-hydrogen) atoms. The first-order valence-corrected chi connectivity index (χ1v) is 7.84. The Hall–Kier alpha value is -1.83. The molecule has 0 aliphatic rings. The van der Waals surface area contributed by atoms with Crippen molar-refractivity contribution >= 4 is 5.96 Å². The lowest BCUT2D eigenvalue weighted by atomic mass is 10.1. The molecule has 1 rings (SSSR count). The van der Waals surface area contributed by atoms with Gasteiger partial charge in [0.25, 0.3) is 0 Å². The fourth-order valence-electron chi connectivity index (χ4n) is 1.98. The molecule has 0 unspecified atom stereocenters. The summed E-state index contributed by atoms with van der Waals surface area (Å²) in [6.45, 7) is 6.61. The van der Waals surface area contributed by atoms with Crippen molar-refractivity contribution in [2.45, 2.75) is 26.6 Å². The van der Waals surface area contributed by atoms with Crippen LogP contribution < -0.4 is 10.6 Å². The van der Waals surface area contributed by atoms with Crippen LogP contribution in [0.3, 0.4) is 0 Å². The van der Waals surface area contributed by atoms with Gasteiger partial charge in [0.15, 0.2) is 5.96 Å². The summed E-state index contributed by atoms with van der Waals surface area (Å²) in [6, 6.07) is 2.63. The maximum atomic E-state index is 13.1. The molecule has 0 heterocycles. The third-order valence-electron chi connectivity index (χ3n) is 3.45. The van der Waals surface area contributed by atoms with Gasteiger partial charge in [0.2, 0.25) is 0 Å². The molecular formula is C16H24F4N4. The van der Waals surface area contributed by atoms with E-state index in [-0.39, 0.29) is 12.1 Å². The zero-order valence-electron chi connectivity index (χ0n) is 14.2. The van der Waals surface area contributed by atoms with Gasteiger partial charge in [-0.25, -0.2) is 9.38 Å².